The van der Waals surface area contributed by atoms with E-state index >= 15 is 0 Å². The van der Waals surface area contributed by atoms with Gasteiger partial charge in [0, 0.05) is 59.3 Å². The highest BCUT2D eigenvalue weighted by Gasteiger charge is 2.27. The zero-order valence-corrected chi connectivity index (χ0v) is 15.9. The van der Waals surface area contributed by atoms with Crippen LogP contribution in [0.4, 0.5) is 11.6 Å². The summed E-state index contributed by atoms with van der Waals surface area (Å²) in [6, 6.07) is 9.18. The minimum Gasteiger partial charge on any atom is -0.493 e. The fourth-order valence-electron chi connectivity index (χ4n) is 3.83. The first-order chi connectivity index (χ1) is 12.6. The number of likely N-dealkylation sites (tertiary alicyclic amines) is 1. The Morgan fingerprint density at radius 3 is 2.85 bits per heavy atom. The van der Waals surface area contributed by atoms with Crippen LogP contribution in [-0.2, 0) is 13.0 Å². The summed E-state index contributed by atoms with van der Waals surface area (Å²) in [4.78, 5) is 15.6. The highest BCUT2D eigenvalue weighted by atomic mass is 16.5. The number of hydrogen-bond acceptors (Lipinski definition) is 6. The number of hydrogen-bond donors (Lipinski definition) is 0. The molecule has 6 nitrogen and oxygen atoms in total. The Kier molecular flexibility index (Phi) is 4.68. The average molecular weight is 353 g/mol. The smallest absolute Gasteiger partial charge is 0.134 e. The molecule has 1 aromatic carbocycles. The topological polar surface area (TPSA) is 44.7 Å². The van der Waals surface area contributed by atoms with Crippen molar-refractivity contribution in [1.29, 1.82) is 0 Å². The summed E-state index contributed by atoms with van der Waals surface area (Å²) in [6.07, 6.45) is 3.85. The number of anilines is 2. The van der Waals surface area contributed by atoms with E-state index in [2.05, 4.69) is 51.1 Å². The zero-order chi connectivity index (χ0) is 18.1. The molecule has 0 N–H and O–H groups in total. The van der Waals surface area contributed by atoms with Gasteiger partial charge in [0.15, 0.2) is 0 Å². The van der Waals surface area contributed by atoms with E-state index < -0.39 is 0 Å². The summed E-state index contributed by atoms with van der Waals surface area (Å²) in [5.41, 5.74) is 2.74. The van der Waals surface area contributed by atoms with Crippen LogP contribution >= 0.6 is 0 Å². The van der Waals surface area contributed by atoms with Crippen LogP contribution in [0.2, 0.25) is 0 Å². The monoisotopic (exact) mass is 353 g/mol. The molecule has 0 saturated carbocycles. The summed E-state index contributed by atoms with van der Waals surface area (Å²) in [6.45, 7) is 4.01. The third-order valence-electron chi connectivity index (χ3n) is 5.41. The van der Waals surface area contributed by atoms with Crippen LogP contribution in [-0.4, -0.2) is 61.7 Å². The van der Waals surface area contributed by atoms with Crippen molar-refractivity contribution in [3.05, 3.63) is 41.7 Å². The maximum absolute atomic E-state index is 5.61. The summed E-state index contributed by atoms with van der Waals surface area (Å²) >= 11 is 0. The van der Waals surface area contributed by atoms with Crippen LogP contribution in [0.5, 0.6) is 5.75 Å². The van der Waals surface area contributed by atoms with E-state index in [1.54, 1.807) is 6.33 Å². The summed E-state index contributed by atoms with van der Waals surface area (Å²) < 4.78 is 5.61. The number of aromatic nitrogens is 2. The normalized spacial score (nSPS) is 19.3. The van der Waals surface area contributed by atoms with Gasteiger partial charge in [0.1, 0.15) is 23.7 Å². The molecule has 2 aliphatic heterocycles. The molecule has 0 spiro atoms. The maximum atomic E-state index is 5.61. The molecule has 4 rings (SSSR count). The molecule has 26 heavy (non-hydrogen) atoms. The van der Waals surface area contributed by atoms with Crippen molar-refractivity contribution in [2.45, 2.75) is 25.4 Å². The van der Waals surface area contributed by atoms with Gasteiger partial charge in [0.05, 0.1) is 6.61 Å². The fourth-order valence-corrected chi connectivity index (χ4v) is 3.83. The lowest BCUT2D eigenvalue weighted by atomic mass is 10.1. The number of ether oxygens (including phenoxy) is 1. The minimum atomic E-state index is 0.484. The van der Waals surface area contributed by atoms with Crippen LogP contribution in [0.15, 0.2) is 30.6 Å². The third kappa shape index (κ3) is 3.46. The van der Waals surface area contributed by atoms with Gasteiger partial charge in [-0.2, -0.15) is 0 Å². The van der Waals surface area contributed by atoms with Gasteiger partial charge in [-0.05, 0) is 23.6 Å². The molecule has 0 amide bonds. The summed E-state index contributed by atoms with van der Waals surface area (Å²) in [5.74, 6) is 3.00. The Hall–Kier alpha value is -2.34. The third-order valence-corrected chi connectivity index (χ3v) is 5.41. The van der Waals surface area contributed by atoms with Crippen molar-refractivity contribution < 1.29 is 4.74 Å². The van der Waals surface area contributed by atoms with Crippen molar-refractivity contribution in [2.75, 3.05) is 50.6 Å². The average Bonchev–Trinajstić information content (AvgIpc) is 3.30. The lowest BCUT2D eigenvalue weighted by molar-refractivity contribution is 0.325. The van der Waals surface area contributed by atoms with Crippen LogP contribution in [0.1, 0.15) is 17.5 Å². The standard InChI is InChI=1S/C20H27N5O/c1-23(2)19-11-20(22-14-21-19)24(3)17-6-8-25(13-17)12-15-4-5-18-16(10-15)7-9-26-18/h4-5,10-11,14,17H,6-9,12-13H2,1-3H3. The van der Waals surface area contributed by atoms with Gasteiger partial charge >= 0.3 is 0 Å². The number of likely N-dealkylation sites (N-methyl/N-ethyl adjacent to an activating group) is 1. The van der Waals surface area contributed by atoms with Crippen molar-refractivity contribution in [3.63, 3.8) is 0 Å². The van der Waals surface area contributed by atoms with Crippen LogP contribution in [0.25, 0.3) is 0 Å². The summed E-state index contributed by atoms with van der Waals surface area (Å²) in [5, 5.41) is 0. The number of nitrogens with zero attached hydrogens (tertiary/aromatic N) is 5. The number of benzene rings is 1. The van der Waals surface area contributed by atoms with E-state index in [1.165, 1.54) is 11.1 Å². The van der Waals surface area contributed by atoms with E-state index in [0.717, 1.165) is 56.5 Å². The molecule has 3 heterocycles. The van der Waals surface area contributed by atoms with Gasteiger partial charge in [-0.25, -0.2) is 9.97 Å². The van der Waals surface area contributed by atoms with Crippen molar-refractivity contribution >= 4 is 11.6 Å². The molecule has 6 heteroatoms. The highest BCUT2D eigenvalue weighted by molar-refractivity contribution is 5.49. The lowest BCUT2D eigenvalue weighted by Crippen LogP contribution is -2.35. The fraction of sp³-hybridized carbons (Fsp3) is 0.500. The van der Waals surface area contributed by atoms with Gasteiger partial charge in [-0.1, -0.05) is 12.1 Å². The molecule has 1 fully saturated rings. The van der Waals surface area contributed by atoms with Crippen molar-refractivity contribution in [2.24, 2.45) is 0 Å². The summed E-state index contributed by atoms with van der Waals surface area (Å²) in [7, 11) is 6.15. The van der Waals surface area contributed by atoms with E-state index in [4.69, 9.17) is 4.74 Å². The van der Waals surface area contributed by atoms with Crippen LogP contribution < -0.4 is 14.5 Å². The Morgan fingerprint density at radius 1 is 1.15 bits per heavy atom. The minimum absolute atomic E-state index is 0.484. The number of fused-ring (bicyclic) bond motifs is 1. The van der Waals surface area contributed by atoms with Gasteiger partial charge in [0.2, 0.25) is 0 Å². The first-order valence-electron chi connectivity index (χ1n) is 9.29. The van der Waals surface area contributed by atoms with Gasteiger partial charge < -0.3 is 14.5 Å². The molecule has 2 aromatic rings. The lowest BCUT2D eigenvalue weighted by Gasteiger charge is -2.26. The maximum Gasteiger partial charge on any atom is 0.134 e. The predicted octanol–water partition coefficient (Wildman–Crippen LogP) is 2.19. The van der Waals surface area contributed by atoms with Gasteiger partial charge in [-0.3, -0.25) is 4.90 Å². The predicted molar refractivity (Wildman–Crippen MR) is 104 cm³/mol. The Labute approximate surface area is 155 Å². The second-order valence-corrected chi connectivity index (χ2v) is 7.46. The number of rotatable bonds is 5. The van der Waals surface area contributed by atoms with Crippen molar-refractivity contribution in [3.8, 4) is 5.75 Å². The first-order valence-corrected chi connectivity index (χ1v) is 9.29. The molecule has 0 radical (unpaired) electrons. The van der Waals surface area contributed by atoms with Gasteiger partial charge in [-0.15, -0.1) is 0 Å². The molecule has 0 bridgehead atoms. The Balaban J connectivity index is 1.39. The van der Waals surface area contributed by atoms with Crippen molar-refractivity contribution in [1.82, 2.24) is 14.9 Å². The zero-order valence-electron chi connectivity index (χ0n) is 15.9. The molecule has 138 valence electrons. The largest absolute Gasteiger partial charge is 0.493 e. The molecule has 1 unspecified atom stereocenters. The second-order valence-electron chi connectivity index (χ2n) is 7.46. The van der Waals surface area contributed by atoms with E-state index in [0.29, 0.717) is 6.04 Å². The van der Waals surface area contributed by atoms with Gasteiger partial charge in [0.25, 0.3) is 0 Å². The molecule has 1 aromatic heterocycles. The quantitative estimate of drug-likeness (QED) is 0.821. The Bertz CT molecular complexity index is 779. The molecule has 0 aliphatic carbocycles. The molecular weight excluding hydrogens is 326 g/mol. The first kappa shape index (κ1) is 17.1. The van der Waals surface area contributed by atoms with Crippen LogP contribution in [0.3, 0.4) is 0 Å². The highest BCUT2D eigenvalue weighted by Crippen LogP contribution is 2.28. The Morgan fingerprint density at radius 2 is 2.00 bits per heavy atom. The molecular formula is C20H27N5O. The molecule has 2 aliphatic rings. The van der Waals surface area contributed by atoms with E-state index in [-0.39, 0.29) is 0 Å². The van der Waals surface area contributed by atoms with Crippen LogP contribution in [0, 0.1) is 0 Å². The SMILES string of the molecule is CN(C)c1cc(N(C)C2CCN(Cc3ccc4c(c3)CCO4)C2)ncn1. The van der Waals surface area contributed by atoms with E-state index in [9.17, 15) is 0 Å². The second kappa shape index (κ2) is 7.11. The molecule has 1 saturated heterocycles. The molecule has 1 atom stereocenters. The van der Waals surface area contributed by atoms with E-state index in [1.807, 2.05) is 19.0 Å².